The van der Waals surface area contributed by atoms with Crippen LogP contribution in [-0.4, -0.2) is 0 Å². The van der Waals surface area contributed by atoms with E-state index < -0.39 is 0 Å². The first-order chi connectivity index (χ1) is 8.79. The molecule has 0 heteroatoms. The van der Waals surface area contributed by atoms with Gasteiger partial charge in [-0.1, -0.05) is 57.0 Å². The van der Waals surface area contributed by atoms with Crippen LogP contribution in [-0.2, 0) is 5.41 Å². The SMILES string of the molecule is Cc1cc(C)cc(C(C)(C)C2CC(C)CC(C)C2)c1. The third kappa shape index (κ3) is 3.22. The number of hydrogen-bond acceptors (Lipinski definition) is 0. The Kier molecular flexibility index (Phi) is 4.08. The molecule has 0 spiro atoms. The summed E-state index contributed by atoms with van der Waals surface area (Å²) in [5, 5.41) is 0. The predicted octanol–water partition coefficient (Wildman–Crippen LogP) is 5.65. The maximum absolute atomic E-state index is 2.46. The van der Waals surface area contributed by atoms with E-state index in [-0.39, 0.29) is 0 Å². The van der Waals surface area contributed by atoms with E-state index in [1.54, 1.807) is 0 Å². The van der Waals surface area contributed by atoms with Crippen LogP contribution in [0, 0.1) is 31.6 Å². The molecule has 1 aliphatic carbocycles. The Hall–Kier alpha value is -0.780. The fourth-order valence-electron chi connectivity index (χ4n) is 4.12. The van der Waals surface area contributed by atoms with Crippen LogP contribution in [0.2, 0.25) is 0 Å². The van der Waals surface area contributed by atoms with Crippen LogP contribution in [0.5, 0.6) is 0 Å². The van der Waals surface area contributed by atoms with Gasteiger partial charge in [-0.3, -0.25) is 0 Å². The Bertz CT molecular complexity index is 411. The van der Waals surface area contributed by atoms with Gasteiger partial charge < -0.3 is 0 Å². The summed E-state index contributed by atoms with van der Waals surface area (Å²) in [7, 11) is 0. The molecule has 0 amide bonds. The van der Waals surface area contributed by atoms with Gasteiger partial charge in [0.2, 0.25) is 0 Å². The van der Waals surface area contributed by atoms with Crippen LogP contribution < -0.4 is 0 Å². The number of rotatable bonds is 2. The van der Waals surface area contributed by atoms with E-state index in [2.05, 4.69) is 59.7 Å². The van der Waals surface area contributed by atoms with Gasteiger partial charge in [0.05, 0.1) is 0 Å². The summed E-state index contributed by atoms with van der Waals surface area (Å²) in [5.74, 6) is 2.60. The molecule has 1 aliphatic rings. The Morgan fingerprint density at radius 2 is 1.32 bits per heavy atom. The molecule has 0 N–H and O–H groups in total. The average molecular weight is 258 g/mol. The van der Waals surface area contributed by atoms with Gasteiger partial charge in [0.25, 0.3) is 0 Å². The van der Waals surface area contributed by atoms with Gasteiger partial charge >= 0.3 is 0 Å². The molecule has 0 heterocycles. The Morgan fingerprint density at radius 1 is 0.842 bits per heavy atom. The van der Waals surface area contributed by atoms with Crippen molar-refractivity contribution in [3.8, 4) is 0 Å². The van der Waals surface area contributed by atoms with Crippen molar-refractivity contribution < 1.29 is 0 Å². The lowest BCUT2D eigenvalue weighted by Crippen LogP contribution is -2.34. The highest BCUT2D eigenvalue weighted by molar-refractivity contribution is 5.34. The minimum absolute atomic E-state index is 0.305. The molecule has 0 aromatic heterocycles. The number of benzene rings is 1. The van der Waals surface area contributed by atoms with Crippen molar-refractivity contribution in [2.24, 2.45) is 17.8 Å². The zero-order valence-corrected chi connectivity index (χ0v) is 13.6. The first-order valence-electron chi connectivity index (χ1n) is 7.87. The zero-order valence-electron chi connectivity index (χ0n) is 13.6. The largest absolute Gasteiger partial charge is 0.0625 e. The van der Waals surface area contributed by atoms with Crippen molar-refractivity contribution in [1.29, 1.82) is 0 Å². The lowest BCUT2D eigenvalue weighted by molar-refractivity contribution is 0.152. The van der Waals surface area contributed by atoms with Crippen LogP contribution in [0.1, 0.15) is 63.6 Å². The second kappa shape index (κ2) is 5.31. The van der Waals surface area contributed by atoms with Crippen LogP contribution in [0.4, 0.5) is 0 Å². The monoisotopic (exact) mass is 258 g/mol. The highest BCUT2D eigenvalue weighted by atomic mass is 14.4. The molecular weight excluding hydrogens is 228 g/mol. The highest BCUT2D eigenvalue weighted by Gasteiger charge is 2.36. The molecule has 1 saturated carbocycles. The fourth-order valence-corrected chi connectivity index (χ4v) is 4.12. The van der Waals surface area contributed by atoms with Crippen LogP contribution in [0.15, 0.2) is 18.2 Å². The Balaban J connectivity index is 2.30. The van der Waals surface area contributed by atoms with Crippen LogP contribution in [0.3, 0.4) is 0 Å². The molecule has 2 atom stereocenters. The van der Waals surface area contributed by atoms with Gasteiger partial charge in [0.1, 0.15) is 0 Å². The molecular formula is C19H30. The maximum atomic E-state index is 2.46. The summed E-state index contributed by atoms with van der Waals surface area (Å²) < 4.78 is 0. The van der Waals surface area contributed by atoms with E-state index in [1.807, 2.05) is 0 Å². The lowest BCUT2D eigenvalue weighted by atomic mass is 9.63. The highest BCUT2D eigenvalue weighted by Crippen LogP contribution is 2.44. The summed E-state index contributed by atoms with van der Waals surface area (Å²) in [6, 6.07) is 7.08. The Labute approximate surface area is 119 Å². The minimum Gasteiger partial charge on any atom is -0.0625 e. The predicted molar refractivity (Wildman–Crippen MR) is 84.6 cm³/mol. The van der Waals surface area contributed by atoms with Gasteiger partial charge in [-0.05, 0) is 61.8 Å². The fraction of sp³-hybridized carbons (Fsp3) is 0.684. The van der Waals surface area contributed by atoms with Gasteiger partial charge in [-0.25, -0.2) is 0 Å². The summed E-state index contributed by atoms with van der Waals surface area (Å²) >= 11 is 0. The molecule has 1 aromatic carbocycles. The topological polar surface area (TPSA) is 0 Å². The molecule has 0 nitrogen and oxygen atoms in total. The summed E-state index contributed by atoms with van der Waals surface area (Å²) in [5.41, 5.74) is 4.65. The minimum atomic E-state index is 0.305. The van der Waals surface area contributed by atoms with E-state index in [0.29, 0.717) is 5.41 Å². The normalized spacial score (nSPS) is 28.4. The van der Waals surface area contributed by atoms with Crippen molar-refractivity contribution in [3.63, 3.8) is 0 Å². The Morgan fingerprint density at radius 3 is 1.79 bits per heavy atom. The van der Waals surface area contributed by atoms with Crippen molar-refractivity contribution in [2.75, 3.05) is 0 Å². The summed E-state index contributed by atoms with van der Waals surface area (Å²) in [6.07, 6.45) is 4.20. The first-order valence-corrected chi connectivity index (χ1v) is 7.87. The first kappa shape index (κ1) is 14.6. The van der Waals surface area contributed by atoms with E-state index in [0.717, 1.165) is 17.8 Å². The molecule has 19 heavy (non-hydrogen) atoms. The molecule has 1 aromatic rings. The van der Waals surface area contributed by atoms with Gasteiger partial charge in [0.15, 0.2) is 0 Å². The van der Waals surface area contributed by atoms with Crippen molar-refractivity contribution in [3.05, 3.63) is 34.9 Å². The second-order valence-electron chi connectivity index (χ2n) is 7.71. The van der Waals surface area contributed by atoms with Crippen LogP contribution >= 0.6 is 0 Å². The van der Waals surface area contributed by atoms with E-state index >= 15 is 0 Å². The van der Waals surface area contributed by atoms with E-state index in [1.165, 1.54) is 36.0 Å². The molecule has 106 valence electrons. The molecule has 0 aliphatic heterocycles. The zero-order chi connectivity index (χ0) is 14.2. The average Bonchev–Trinajstić information content (AvgIpc) is 2.26. The van der Waals surface area contributed by atoms with E-state index in [9.17, 15) is 0 Å². The standard InChI is InChI=1S/C19H30/c1-13-7-14(2)10-17(9-13)19(5,6)18-11-15(3)8-16(4)12-18/h7,9-10,15-16,18H,8,11-12H2,1-6H3. The van der Waals surface area contributed by atoms with Gasteiger partial charge in [-0.15, -0.1) is 0 Å². The third-order valence-electron chi connectivity index (χ3n) is 5.16. The number of hydrogen-bond donors (Lipinski definition) is 0. The summed E-state index contributed by atoms with van der Waals surface area (Å²) in [4.78, 5) is 0. The van der Waals surface area contributed by atoms with Gasteiger partial charge in [-0.2, -0.15) is 0 Å². The second-order valence-corrected chi connectivity index (χ2v) is 7.71. The van der Waals surface area contributed by atoms with Crippen molar-refractivity contribution in [1.82, 2.24) is 0 Å². The van der Waals surface area contributed by atoms with Gasteiger partial charge in [0, 0.05) is 0 Å². The van der Waals surface area contributed by atoms with E-state index in [4.69, 9.17) is 0 Å². The summed E-state index contributed by atoms with van der Waals surface area (Å²) in [6.45, 7) is 14.2. The molecule has 0 radical (unpaired) electrons. The molecule has 1 fully saturated rings. The lowest BCUT2D eigenvalue weighted by Gasteiger charge is -2.42. The molecule has 0 bridgehead atoms. The maximum Gasteiger partial charge on any atom is -0.00749 e. The number of aryl methyl sites for hydroxylation is 2. The van der Waals surface area contributed by atoms with Crippen molar-refractivity contribution >= 4 is 0 Å². The molecule has 2 rings (SSSR count). The molecule has 2 unspecified atom stereocenters. The smallest absolute Gasteiger partial charge is 0.00749 e. The quantitative estimate of drug-likeness (QED) is 0.642. The van der Waals surface area contributed by atoms with Crippen molar-refractivity contribution in [2.45, 2.75) is 66.2 Å². The third-order valence-corrected chi connectivity index (χ3v) is 5.16. The molecule has 0 saturated heterocycles. The van der Waals surface area contributed by atoms with Crippen LogP contribution in [0.25, 0.3) is 0 Å².